The van der Waals surface area contributed by atoms with Crippen LogP contribution in [0.5, 0.6) is 0 Å². The lowest BCUT2D eigenvalue weighted by molar-refractivity contribution is -0.436. The molecule has 0 radical (unpaired) electrons. The zero-order chi connectivity index (χ0) is 45.4. The number of fused-ring (bicyclic) bond motifs is 10. The second-order valence-electron chi connectivity index (χ2n) is 24.0. The molecule has 0 heterocycles. The highest BCUT2D eigenvalue weighted by Crippen LogP contribution is 2.72. The van der Waals surface area contributed by atoms with E-state index >= 15 is 0 Å². The van der Waals surface area contributed by atoms with Crippen molar-refractivity contribution in [1.29, 1.82) is 10.5 Å². The van der Waals surface area contributed by atoms with Crippen LogP contribution in [0.25, 0.3) is 0 Å². The van der Waals surface area contributed by atoms with Crippen molar-refractivity contribution in [3.8, 4) is 12.1 Å². The summed E-state index contributed by atoms with van der Waals surface area (Å²) in [4.78, 5) is 26.3. The molecule has 3 N–H and O–H groups in total. The number of aliphatic hydroxyl groups excluding tert-OH is 1. The smallest absolute Gasteiger partial charge is 0.268 e. The average molecular weight is 928 g/mol. The Bertz CT molecular complexity index is 2040. The molecule has 16 atom stereocenters. The first-order valence-electron chi connectivity index (χ1n) is 23.4. The third-order valence-corrected chi connectivity index (χ3v) is 29.1. The van der Waals surface area contributed by atoms with Crippen molar-refractivity contribution in [1.82, 2.24) is 0 Å². The third kappa shape index (κ3) is 6.64. The molecule has 0 aromatic carbocycles. The molecule has 0 aromatic rings. The molecule has 15 heteroatoms. The van der Waals surface area contributed by atoms with E-state index < -0.39 is 75.0 Å². The Balaban J connectivity index is 1.15. The number of rotatable bonds is 9. The lowest BCUT2D eigenvalue weighted by atomic mass is 9.45. The van der Waals surface area contributed by atoms with Gasteiger partial charge in [0.25, 0.3) is 16.6 Å². The first kappa shape index (κ1) is 47.0. The van der Waals surface area contributed by atoms with Gasteiger partial charge in [0, 0.05) is 5.50 Å². The summed E-state index contributed by atoms with van der Waals surface area (Å²) in [5.41, 5.74) is 0.188. The molecule has 6 fully saturated rings. The van der Waals surface area contributed by atoms with Crippen LogP contribution < -0.4 is 0 Å². The van der Waals surface area contributed by atoms with Crippen LogP contribution in [0.1, 0.15) is 105 Å². The van der Waals surface area contributed by atoms with Crippen LogP contribution >= 0.6 is 11.6 Å². The number of carbonyl (C=O) groups excluding carboxylic acids is 2. The molecule has 8 aliphatic carbocycles. The van der Waals surface area contributed by atoms with Crippen molar-refractivity contribution in [3.05, 3.63) is 23.3 Å². The third-order valence-electron chi connectivity index (χ3n) is 19.5. The highest BCUT2D eigenvalue weighted by molar-refractivity contribution is 6.77. The van der Waals surface area contributed by atoms with Gasteiger partial charge >= 0.3 is 0 Å². The van der Waals surface area contributed by atoms with E-state index in [-0.39, 0.29) is 59.6 Å². The number of ketones is 2. The van der Waals surface area contributed by atoms with Gasteiger partial charge in [-0.25, -0.2) is 0 Å². The minimum atomic E-state index is -3.47. The van der Waals surface area contributed by atoms with Crippen LogP contribution in [0, 0.1) is 91.7 Å². The van der Waals surface area contributed by atoms with Crippen LogP contribution in [-0.2, 0) is 28.2 Å². The van der Waals surface area contributed by atoms with E-state index in [0.29, 0.717) is 37.6 Å². The van der Waals surface area contributed by atoms with Crippen LogP contribution in [0.15, 0.2) is 23.3 Å². The Kier molecular flexibility index (Phi) is 11.5. The first-order chi connectivity index (χ1) is 28.7. The monoisotopic (exact) mass is 926 g/mol. The molecule has 8 unspecified atom stereocenters. The number of nitriles is 2. The van der Waals surface area contributed by atoms with Crippen molar-refractivity contribution >= 4 is 48.1 Å². The minimum Gasteiger partial charge on any atom is -0.413 e. The summed E-state index contributed by atoms with van der Waals surface area (Å²) in [7, 11) is -9.16. The van der Waals surface area contributed by atoms with Gasteiger partial charge in [-0.05, 0) is 186 Å². The number of allylic oxidation sites excluding steroid dienone is 2. The van der Waals surface area contributed by atoms with Crippen LogP contribution in [-0.4, -0.2) is 80.0 Å². The second kappa shape index (κ2) is 15.2. The SMILES string of the molecule is C[C@]12CC(C#N)C(=O)C=C1CCC1C3CC[C@H](O)[C@@]3(C)C[C@](O)([Si](C)(C)OOO[Si](C)(C)[C@]3(O)C[C@@]4(C)C(CC[C@H]4O[Si](C)(C)CCl)C4CCC5=CC(=O)C(C#N)C[C@]5(C)C43)C12. The minimum absolute atomic E-state index is 0.0311. The fourth-order valence-electron chi connectivity index (χ4n) is 16.2. The summed E-state index contributed by atoms with van der Waals surface area (Å²) in [6.45, 7) is 20.7. The summed E-state index contributed by atoms with van der Waals surface area (Å²) < 4.78 is 20.2. The molecule has 6 saturated carbocycles. The standard InChI is InChI=1S/C47H71ClN2O9Si3/c1-42-21-28(23-49)36(51)19-30(42)11-13-32-34-15-17-38(53)44(34,3)25-46(54,40(32)42)61(7,8)58-57-59-62(9,10)47(55)26-45(4)35(16-18-39(45)56-60(5,6)27-48)33-14-12-31-20-37(52)29(24-50)22-43(31,2)41(33)47/h19-20,28-29,32-35,38-41,53-55H,11-18,21-22,25-27H2,1-10H3/t28?,29?,32?,33?,34?,35?,38-,39+,40?,41?,42-,43-,44-,45-,46-,47+/m0/s1. The maximum absolute atomic E-state index is 13.9. The Morgan fingerprint density at radius 2 is 1.15 bits per heavy atom. The van der Waals surface area contributed by atoms with Gasteiger partial charge in [-0.1, -0.05) is 43.9 Å². The molecular formula is C47H71ClN2O9Si3. The van der Waals surface area contributed by atoms with E-state index in [1.165, 1.54) is 0 Å². The molecule has 0 bridgehead atoms. The molecule has 8 rings (SSSR count). The molecule has 342 valence electrons. The van der Waals surface area contributed by atoms with Crippen molar-refractivity contribution in [2.45, 2.75) is 167 Å². The van der Waals surface area contributed by atoms with Gasteiger partial charge in [0.2, 0.25) is 8.32 Å². The van der Waals surface area contributed by atoms with Crippen LogP contribution in [0.3, 0.4) is 0 Å². The second-order valence-corrected chi connectivity index (χ2v) is 36.9. The maximum Gasteiger partial charge on any atom is 0.268 e. The molecule has 11 nitrogen and oxygen atoms in total. The molecule has 0 spiro atoms. The molecule has 0 saturated heterocycles. The first-order valence-corrected chi connectivity index (χ1v) is 32.9. The summed E-state index contributed by atoms with van der Waals surface area (Å²) >= 11 is 6.49. The van der Waals surface area contributed by atoms with Gasteiger partial charge in [0.1, 0.15) is 11.8 Å². The fourth-order valence-corrected chi connectivity index (χ4v) is 22.5. The number of halogens is 1. The average Bonchev–Trinajstić information content (AvgIpc) is 3.66. The van der Waals surface area contributed by atoms with E-state index in [1.807, 2.05) is 26.2 Å². The number of hydrogen-bond acceptors (Lipinski definition) is 11. The van der Waals surface area contributed by atoms with E-state index in [9.17, 15) is 35.4 Å². The lowest BCUT2D eigenvalue weighted by Crippen LogP contribution is -2.74. The predicted octanol–water partition coefficient (Wildman–Crippen LogP) is 8.33. The largest absolute Gasteiger partial charge is 0.413 e. The van der Waals surface area contributed by atoms with Crippen LogP contribution in [0.2, 0.25) is 39.3 Å². The van der Waals surface area contributed by atoms with E-state index in [4.69, 9.17) is 30.2 Å². The fraction of sp³-hybridized carbons (Fsp3) is 0.830. The van der Waals surface area contributed by atoms with Gasteiger partial charge in [-0.15, -0.1) is 11.6 Å². The van der Waals surface area contributed by atoms with Gasteiger partial charge in [0.15, 0.2) is 11.6 Å². The zero-order valence-corrected chi connectivity index (χ0v) is 42.4. The topological polar surface area (TPSA) is 179 Å². The molecule has 62 heavy (non-hydrogen) atoms. The molecule has 0 aliphatic heterocycles. The van der Waals surface area contributed by atoms with Gasteiger partial charge in [0.05, 0.1) is 34.8 Å². The lowest BCUT2D eigenvalue weighted by Gasteiger charge is -2.66. The number of nitrogens with zero attached hydrogens (tertiary/aromatic N) is 2. The summed E-state index contributed by atoms with van der Waals surface area (Å²) in [6.07, 6.45) is 10.3. The Labute approximate surface area is 377 Å². The van der Waals surface area contributed by atoms with Crippen molar-refractivity contribution < 1.29 is 43.5 Å². The Morgan fingerprint density at radius 1 is 0.710 bits per heavy atom. The number of aliphatic hydroxyl groups is 3. The number of alkyl halides is 1. The number of carbonyl (C=O) groups is 2. The zero-order valence-electron chi connectivity index (χ0n) is 38.7. The molecule has 0 amide bonds. The summed E-state index contributed by atoms with van der Waals surface area (Å²) in [5, 5.41) is 62.7. The highest BCUT2D eigenvalue weighted by atomic mass is 35.5. The number of hydrogen-bond donors (Lipinski definition) is 3. The molecule has 8 aliphatic rings. The van der Waals surface area contributed by atoms with Crippen molar-refractivity contribution in [2.24, 2.45) is 69.0 Å². The summed E-state index contributed by atoms with van der Waals surface area (Å²) in [6, 6.07) is 4.53. The molecular weight excluding hydrogens is 856 g/mol. The van der Waals surface area contributed by atoms with E-state index in [0.717, 1.165) is 49.7 Å². The maximum atomic E-state index is 13.9. The van der Waals surface area contributed by atoms with E-state index in [2.05, 4.69) is 52.9 Å². The van der Waals surface area contributed by atoms with Crippen LogP contribution in [0.4, 0.5) is 0 Å². The molecule has 0 aromatic heterocycles. The Hall–Kier alpha value is -1.54. The highest BCUT2D eigenvalue weighted by Gasteiger charge is 2.74. The van der Waals surface area contributed by atoms with Crippen molar-refractivity contribution in [2.75, 3.05) is 5.50 Å². The normalized spacial score (nSPS) is 47.7. The van der Waals surface area contributed by atoms with Gasteiger partial charge < -0.3 is 19.7 Å². The quantitative estimate of drug-likeness (QED) is 0.0876. The van der Waals surface area contributed by atoms with Gasteiger partial charge in [-0.3, -0.25) is 18.7 Å². The van der Waals surface area contributed by atoms with Gasteiger partial charge in [-0.2, -0.15) is 10.5 Å². The van der Waals surface area contributed by atoms with E-state index in [1.54, 1.807) is 12.2 Å². The summed E-state index contributed by atoms with van der Waals surface area (Å²) in [5.74, 6) is -2.09. The predicted molar refractivity (Wildman–Crippen MR) is 240 cm³/mol. The van der Waals surface area contributed by atoms with Crippen molar-refractivity contribution in [3.63, 3.8) is 0 Å². The Morgan fingerprint density at radius 3 is 1.60 bits per heavy atom.